The number of hydrogen-bond acceptors (Lipinski definition) is 3. The number of nitrogens with zero attached hydrogens (tertiary/aromatic N) is 2. The lowest BCUT2D eigenvalue weighted by atomic mass is 9.82. The Balaban J connectivity index is 1.49. The number of alkyl halides is 3. The van der Waals surface area contributed by atoms with E-state index in [1.807, 2.05) is 36.1 Å². The third-order valence-electron chi connectivity index (χ3n) is 6.96. The lowest BCUT2D eigenvalue weighted by molar-refractivity contribution is -0.137. The number of halogens is 5. The molecule has 2 aliphatic heterocycles. The third-order valence-corrected chi connectivity index (χ3v) is 6.96. The van der Waals surface area contributed by atoms with Gasteiger partial charge in [0, 0.05) is 37.1 Å². The number of benzene rings is 3. The van der Waals surface area contributed by atoms with Crippen molar-refractivity contribution in [2.45, 2.75) is 25.6 Å². The molecule has 4 nitrogen and oxygen atoms in total. The van der Waals surface area contributed by atoms with Crippen LogP contribution in [0.15, 0.2) is 60.7 Å². The minimum Gasteiger partial charge on any atom is -0.368 e. The van der Waals surface area contributed by atoms with Gasteiger partial charge in [-0.05, 0) is 61.4 Å². The molecule has 1 amide bonds. The summed E-state index contributed by atoms with van der Waals surface area (Å²) in [6.07, 6.45) is -4.44. The standard InChI is InChI=1S/C27H24F5N3O/c1-16-2-6-20(7-3-16)34-10-11-35-24-9-4-18(27(30,31)32)12-17(24)13-21(25(35)15-34)26(36)33-23-8-5-19(28)14-22(23)29/h2-9,12,14,21,25H,10-11,13,15H2,1H3,(H,33,36). The van der Waals surface area contributed by atoms with Crippen LogP contribution < -0.4 is 15.1 Å². The van der Waals surface area contributed by atoms with Gasteiger partial charge in [-0.15, -0.1) is 0 Å². The Bertz CT molecular complexity index is 1290. The van der Waals surface area contributed by atoms with Crippen LogP contribution in [0.5, 0.6) is 0 Å². The smallest absolute Gasteiger partial charge is 0.368 e. The summed E-state index contributed by atoms with van der Waals surface area (Å²) in [5, 5.41) is 2.53. The number of fused-ring (bicyclic) bond motifs is 3. The van der Waals surface area contributed by atoms with Crippen LogP contribution in [0.4, 0.5) is 39.0 Å². The number of hydrogen-bond donors (Lipinski definition) is 1. The molecule has 0 aliphatic carbocycles. The highest BCUT2D eigenvalue weighted by molar-refractivity contribution is 5.94. The quantitative estimate of drug-likeness (QED) is 0.461. The average molecular weight is 501 g/mol. The van der Waals surface area contributed by atoms with Crippen molar-refractivity contribution in [1.82, 2.24) is 0 Å². The Morgan fingerprint density at radius 1 is 0.972 bits per heavy atom. The summed E-state index contributed by atoms with van der Waals surface area (Å²) in [4.78, 5) is 17.5. The van der Waals surface area contributed by atoms with Gasteiger partial charge in [0.1, 0.15) is 11.6 Å². The van der Waals surface area contributed by atoms with E-state index in [1.54, 1.807) is 0 Å². The largest absolute Gasteiger partial charge is 0.416 e. The maximum absolute atomic E-state index is 14.3. The van der Waals surface area contributed by atoms with Crippen molar-refractivity contribution in [3.63, 3.8) is 0 Å². The second kappa shape index (κ2) is 9.11. The molecule has 1 saturated heterocycles. The molecule has 188 valence electrons. The predicted octanol–water partition coefficient (Wildman–Crippen LogP) is 5.80. The highest BCUT2D eigenvalue weighted by atomic mass is 19.4. The van der Waals surface area contributed by atoms with Crippen molar-refractivity contribution in [2.75, 3.05) is 34.8 Å². The first-order chi connectivity index (χ1) is 17.1. The zero-order valence-electron chi connectivity index (χ0n) is 19.4. The molecule has 0 radical (unpaired) electrons. The van der Waals surface area contributed by atoms with E-state index in [9.17, 15) is 26.7 Å². The Morgan fingerprint density at radius 2 is 1.72 bits per heavy atom. The molecule has 2 aliphatic rings. The van der Waals surface area contributed by atoms with Gasteiger partial charge in [0.05, 0.1) is 23.2 Å². The molecule has 36 heavy (non-hydrogen) atoms. The molecule has 0 aromatic heterocycles. The number of nitrogens with one attached hydrogen (secondary N) is 1. The van der Waals surface area contributed by atoms with E-state index in [0.29, 0.717) is 37.0 Å². The van der Waals surface area contributed by atoms with E-state index in [0.717, 1.165) is 35.5 Å². The zero-order valence-corrected chi connectivity index (χ0v) is 19.4. The third kappa shape index (κ3) is 4.62. The van der Waals surface area contributed by atoms with Crippen LogP contribution in [0.25, 0.3) is 0 Å². The molecule has 3 aromatic rings. The minimum atomic E-state index is -4.51. The summed E-state index contributed by atoms with van der Waals surface area (Å²) in [6, 6.07) is 14.1. The first-order valence-corrected chi connectivity index (χ1v) is 11.6. The van der Waals surface area contributed by atoms with Crippen LogP contribution in [-0.2, 0) is 17.4 Å². The number of rotatable bonds is 3. The van der Waals surface area contributed by atoms with Gasteiger partial charge in [-0.3, -0.25) is 4.79 Å². The maximum atomic E-state index is 14.3. The minimum absolute atomic E-state index is 0.0663. The SMILES string of the molecule is Cc1ccc(N2CCN3c4ccc(C(F)(F)F)cc4CC(C(=O)Nc4ccc(F)cc4F)C3C2)cc1. The topological polar surface area (TPSA) is 35.6 Å². The lowest BCUT2D eigenvalue weighted by Crippen LogP contribution is -2.60. The molecule has 5 rings (SSSR count). The van der Waals surface area contributed by atoms with E-state index in [-0.39, 0.29) is 18.2 Å². The van der Waals surface area contributed by atoms with Gasteiger partial charge >= 0.3 is 6.18 Å². The van der Waals surface area contributed by atoms with Crippen molar-refractivity contribution in [2.24, 2.45) is 5.92 Å². The van der Waals surface area contributed by atoms with Crippen LogP contribution in [0.1, 0.15) is 16.7 Å². The van der Waals surface area contributed by atoms with Crippen molar-refractivity contribution in [1.29, 1.82) is 0 Å². The lowest BCUT2D eigenvalue weighted by Gasteiger charge is -2.49. The van der Waals surface area contributed by atoms with Crippen molar-refractivity contribution in [3.8, 4) is 0 Å². The summed E-state index contributed by atoms with van der Waals surface area (Å²) < 4.78 is 67.8. The Labute approximate surface area is 205 Å². The molecule has 0 saturated carbocycles. The molecule has 1 fully saturated rings. The monoisotopic (exact) mass is 501 g/mol. The number of amides is 1. The molecule has 9 heteroatoms. The molecule has 2 atom stereocenters. The summed E-state index contributed by atoms with van der Waals surface area (Å²) >= 11 is 0. The zero-order chi connectivity index (χ0) is 25.6. The first kappa shape index (κ1) is 24.1. The number of carbonyl (C=O) groups is 1. The van der Waals surface area contributed by atoms with Crippen LogP contribution in [-0.4, -0.2) is 31.6 Å². The fourth-order valence-electron chi connectivity index (χ4n) is 5.11. The predicted molar refractivity (Wildman–Crippen MR) is 128 cm³/mol. The fourth-order valence-corrected chi connectivity index (χ4v) is 5.11. The van der Waals surface area contributed by atoms with Gasteiger partial charge < -0.3 is 15.1 Å². The normalized spacial score (nSPS) is 19.5. The number of anilines is 3. The Hall–Kier alpha value is -3.62. The summed E-state index contributed by atoms with van der Waals surface area (Å²) in [5.41, 5.74) is 2.25. The second-order valence-electron chi connectivity index (χ2n) is 9.31. The average Bonchev–Trinajstić information content (AvgIpc) is 2.84. The Kier molecular flexibility index (Phi) is 6.10. The van der Waals surface area contributed by atoms with E-state index in [1.165, 1.54) is 6.07 Å². The van der Waals surface area contributed by atoms with E-state index in [4.69, 9.17) is 0 Å². The van der Waals surface area contributed by atoms with Gasteiger partial charge in [-0.1, -0.05) is 17.7 Å². The first-order valence-electron chi connectivity index (χ1n) is 11.6. The van der Waals surface area contributed by atoms with Crippen LogP contribution >= 0.6 is 0 Å². The van der Waals surface area contributed by atoms with Gasteiger partial charge in [0.15, 0.2) is 0 Å². The van der Waals surface area contributed by atoms with Crippen LogP contribution in [0, 0.1) is 24.5 Å². The van der Waals surface area contributed by atoms with Crippen molar-refractivity contribution >= 4 is 23.0 Å². The summed E-state index contributed by atoms with van der Waals surface area (Å²) in [5.74, 6) is -2.97. The van der Waals surface area contributed by atoms with Gasteiger partial charge in [-0.25, -0.2) is 8.78 Å². The number of piperazine rings is 1. The van der Waals surface area contributed by atoms with Gasteiger partial charge in [0.25, 0.3) is 0 Å². The van der Waals surface area contributed by atoms with E-state index >= 15 is 0 Å². The fraction of sp³-hybridized carbons (Fsp3) is 0.296. The molecule has 2 unspecified atom stereocenters. The number of carbonyl (C=O) groups excluding carboxylic acids is 1. The van der Waals surface area contributed by atoms with E-state index < -0.39 is 35.2 Å². The molecule has 1 N–H and O–H groups in total. The number of aryl methyl sites for hydroxylation is 1. The molecule has 0 spiro atoms. The maximum Gasteiger partial charge on any atom is 0.416 e. The van der Waals surface area contributed by atoms with Gasteiger partial charge in [0.2, 0.25) is 5.91 Å². The highest BCUT2D eigenvalue weighted by Crippen LogP contribution is 2.40. The van der Waals surface area contributed by atoms with Crippen LogP contribution in [0.3, 0.4) is 0 Å². The molecule has 0 bridgehead atoms. The van der Waals surface area contributed by atoms with Crippen LogP contribution in [0.2, 0.25) is 0 Å². The highest BCUT2D eigenvalue weighted by Gasteiger charge is 2.43. The summed E-state index contributed by atoms with van der Waals surface area (Å²) in [6.45, 7) is 3.59. The molecule has 3 aromatic carbocycles. The van der Waals surface area contributed by atoms with Crippen molar-refractivity contribution in [3.05, 3.63) is 89.0 Å². The van der Waals surface area contributed by atoms with E-state index in [2.05, 4.69) is 10.2 Å². The Morgan fingerprint density at radius 3 is 2.42 bits per heavy atom. The van der Waals surface area contributed by atoms with Gasteiger partial charge in [-0.2, -0.15) is 13.2 Å². The summed E-state index contributed by atoms with van der Waals surface area (Å²) in [7, 11) is 0. The molecular weight excluding hydrogens is 477 g/mol. The second-order valence-corrected chi connectivity index (χ2v) is 9.31. The molecule has 2 heterocycles. The molecular formula is C27H24F5N3O. The van der Waals surface area contributed by atoms with Crippen molar-refractivity contribution < 1.29 is 26.7 Å².